The minimum Gasteiger partial charge on any atom is -0.388 e. The van der Waals surface area contributed by atoms with E-state index in [0.717, 1.165) is 19.3 Å². The summed E-state index contributed by atoms with van der Waals surface area (Å²) in [7, 11) is 0. The summed E-state index contributed by atoms with van der Waals surface area (Å²) in [5.41, 5.74) is -0.418. The molecule has 80 valence electrons. The summed E-state index contributed by atoms with van der Waals surface area (Å²) in [6, 6.07) is 0. The molecule has 1 aromatic rings. The predicted molar refractivity (Wildman–Crippen MR) is 53.2 cm³/mol. The lowest BCUT2D eigenvalue weighted by Gasteiger charge is -2.36. The molecule has 1 heterocycles. The number of hydrogen-bond acceptors (Lipinski definition) is 4. The van der Waals surface area contributed by atoms with Crippen molar-refractivity contribution in [2.75, 3.05) is 6.54 Å². The molecule has 5 heteroatoms. The van der Waals surface area contributed by atoms with E-state index in [1.807, 2.05) is 0 Å². The van der Waals surface area contributed by atoms with Crippen molar-refractivity contribution in [3.63, 3.8) is 0 Å². The van der Waals surface area contributed by atoms with Gasteiger partial charge in [-0.05, 0) is 19.3 Å². The summed E-state index contributed by atoms with van der Waals surface area (Å²) in [4.78, 5) is 19.2. The number of carbonyl (C=O) groups is 1. The summed E-state index contributed by atoms with van der Waals surface area (Å²) in [6.07, 6.45) is 6.92. The standard InChI is InChI=1S/C10H13N3O2/c14-9(8-6-11-4-5-12-8)13-7-10(15)2-1-3-10/h4-6,15H,1-3,7H2,(H,13,14). The van der Waals surface area contributed by atoms with E-state index in [4.69, 9.17) is 0 Å². The molecule has 0 radical (unpaired) electrons. The second-order valence-corrected chi connectivity index (χ2v) is 3.85. The van der Waals surface area contributed by atoms with Gasteiger partial charge in [0.1, 0.15) is 5.69 Å². The largest absolute Gasteiger partial charge is 0.388 e. The Kier molecular flexibility index (Phi) is 2.64. The van der Waals surface area contributed by atoms with Gasteiger partial charge in [-0.15, -0.1) is 0 Å². The van der Waals surface area contributed by atoms with Gasteiger partial charge in [-0.3, -0.25) is 9.78 Å². The normalized spacial score (nSPS) is 17.9. The molecular formula is C10H13N3O2. The van der Waals surface area contributed by atoms with Crippen molar-refractivity contribution >= 4 is 5.91 Å². The lowest BCUT2D eigenvalue weighted by molar-refractivity contribution is -0.0300. The lowest BCUT2D eigenvalue weighted by atomic mass is 9.80. The quantitative estimate of drug-likeness (QED) is 0.738. The molecule has 1 aliphatic rings. The molecule has 5 nitrogen and oxygen atoms in total. The van der Waals surface area contributed by atoms with Gasteiger partial charge in [-0.1, -0.05) is 0 Å². The van der Waals surface area contributed by atoms with Crippen LogP contribution in [0.2, 0.25) is 0 Å². The van der Waals surface area contributed by atoms with E-state index in [1.165, 1.54) is 18.6 Å². The minimum atomic E-state index is -0.697. The molecule has 1 fully saturated rings. The van der Waals surface area contributed by atoms with Gasteiger partial charge in [-0.2, -0.15) is 0 Å². The Bertz CT molecular complexity index is 349. The lowest BCUT2D eigenvalue weighted by Crippen LogP contribution is -2.47. The maximum atomic E-state index is 11.5. The maximum Gasteiger partial charge on any atom is 0.271 e. The maximum absolute atomic E-state index is 11.5. The molecule has 2 N–H and O–H groups in total. The smallest absolute Gasteiger partial charge is 0.271 e. The summed E-state index contributed by atoms with van der Waals surface area (Å²) in [6.45, 7) is 0.294. The molecule has 0 atom stereocenters. The van der Waals surface area contributed by atoms with Crippen LogP contribution in [0.1, 0.15) is 29.8 Å². The zero-order chi connectivity index (χ0) is 10.7. The van der Waals surface area contributed by atoms with Crippen LogP contribution in [0.3, 0.4) is 0 Å². The van der Waals surface area contributed by atoms with Crippen molar-refractivity contribution in [2.24, 2.45) is 0 Å². The molecule has 0 aromatic carbocycles. The number of carbonyl (C=O) groups excluding carboxylic acids is 1. The fourth-order valence-corrected chi connectivity index (χ4v) is 1.51. The first-order valence-corrected chi connectivity index (χ1v) is 4.96. The van der Waals surface area contributed by atoms with Crippen molar-refractivity contribution in [1.29, 1.82) is 0 Å². The number of amides is 1. The van der Waals surface area contributed by atoms with Crippen LogP contribution in [0, 0.1) is 0 Å². The van der Waals surface area contributed by atoms with Gasteiger partial charge in [0.25, 0.3) is 5.91 Å². The highest BCUT2D eigenvalue weighted by molar-refractivity contribution is 5.91. The topological polar surface area (TPSA) is 75.1 Å². The van der Waals surface area contributed by atoms with Gasteiger partial charge in [0.15, 0.2) is 0 Å². The van der Waals surface area contributed by atoms with Gasteiger partial charge in [0.2, 0.25) is 0 Å². The molecular weight excluding hydrogens is 194 g/mol. The van der Waals surface area contributed by atoms with Crippen LogP contribution in [-0.2, 0) is 0 Å². The number of hydrogen-bond donors (Lipinski definition) is 2. The van der Waals surface area contributed by atoms with E-state index in [9.17, 15) is 9.90 Å². The Hall–Kier alpha value is -1.49. The van der Waals surface area contributed by atoms with Crippen LogP contribution < -0.4 is 5.32 Å². The fourth-order valence-electron chi connectivity index (χ4n) is 1.51. The van der Waals surface area contributed by atoms with Crippen LogP contribution in [0.4, 0.5) is 0 Å². The predicted octanol–water partition coefficient (Wildman–Crippen LogP) is 0.121. The Morgan fingerprint density at radius 2 is 2.33 bits per heavy atom. The molecule has 2 rings (SSSR count). The zero-order valence-corrected chi connectivity index (χ0v) is 8.31. The second-order valence-electron chi connectivity index (χ2n) is 3.85. The molecule has 1 aliphatic carbocycles. The number of nitrogens with zero attached hydrogens (tertiary/aromatic N) is 2. The molecule has 15 heavy (non-hydrogen) atoms. The molecule has 0 bridgehead atoms. The Labute approximate surface area is 87.6 Å². The van der Waals surface area contributed by atoms with Gasteiger partial charge in [0.05, 0.1) is 11.8 Å². The summed E-state index contributed by atoms with van der Waals surface area (Å²) < 4.78 is 0. The van der Waals surface area contributed by atoms with Gasteiger partial charge in [-0.25, -0.2) is 4.98 Å². The summed E-state index contributed by atoms with van der Waals surface area (Å²) >= 11 is 0. The highest BCUT2D eigenvalue weighted by Crippen LogP contribution is 2.30. The number of rotatable bonds is 3. The van der Waals surface area contributed by atoms with Gasteiger partial charge in [0, 0.05) is 18.9 Å². The van der Waals surface area contributed by atoms with E-state index >= 15 is 0 Å². The number of nitrogens with one attached hydrogen (secondary N) is 1. The van der Waals surface area contributed by atoms with Crippen molar-refractivity contribution in [1.82, 2.24) is 15.3 Å². The van der Waals surface area contributed by atoms with E-state index in [2.05, 4.69) is 15.3 Å². The van der Waals surface area contributed by atoms with Crippen molar-refractivity contribution < 1.29 is 9.90 Å². The molecule has 0 saturated heterocycles. The third-order valence-electron chi connectivity index (χ3n) is 2.66. The molecule has 1 aromatic heterocycles. The van der Waals surface area contributed by atoms with Crippen LogP contribution in [0.5, 0.6) is 0 Å². The molecule has 0 aliphatic heterocycles. The Balaban J connectivity index is 1.88. The van der Waals surface area contributed by atoms with E-state index < -0.39 is 5.60 Å². The molecule has 1 amide bonds. The average molecular weight is 207 g/mol. The molecule has 1 saturated carbocycles. The fraction of sp³-hybridized carbons (Fsp3) is 0.500. The third kappa shape index (κ3) is 2.30. The van der Waals surface area contributed by atoms with Crippen LogP contribution >= 0.6 is 0 Å². The molecule has 0 unspecified atom stereocenters. The number of aromatic nitrogens is 2. The SMILES string of the molecule is O=C(NCC1(O)CCC1)c1cnccn1. The average Bonchev–Trinajstić information content (AvgIpc) is 2.24. The van der Waals surface area contributed by atoms with E-state index in [1.54, 1.807) is 0 Å². The van der Waals surface area contributed by atoms with Crippen LogP contribution in [0.25, 0.3) is 0 Å². The summed E-state index contributed by atoms with van der Waals surface area (Å²) in [5.74, 6) is -0.288. The van der Waals surface area contributed by atoms with Gasteiger partial charge >= 0.3 is 0 Å². The third-order valence-corrected chi connectivity index (χ3v) is 2.66. The highest BCUT2D eigenvalue weighted by Gasteiger charge is 2.34. The first-order chi connectivity index (χ1) is 7.20. The Morgan fingerprint density at radius 3 is 2.87 bits per heavy atom. The van der Waals surface area contributed by atoms with Crippen molar-refractivity contribution in [2.45, 2.75) is 24.9 Å². The summed E-state index contributed by atoms with van der Waals surface area (Å²) in [5, 5.41) is 12.4. The van der Waals surface area contributed by atoms with Crippen LogP contribution in [0.15, 0.2) is 18.6 Å². The molecule has 0 spiro atoms. The van der Waals surface area contributed by atoms with Crippen LogP contribution in [-0.4, -0.2) is 33.1 Å². The first kappa shape index (κ1) is 10.0. The monoisotopic (exact) mass is 207 g/mol. The Morgan fingerprint density at radius 1 is 1.53 bits per heavy atom. The van der Waals surface area contributed by atoms with Crippen molar-refractivity contribution in [3.05, 3.63) is 24.3 Å². The van der Waals surface area contributed by atoms with E-state index in [-0.39, 0.29) is 11.6 Å². The van der Waals surface area contributed by atoms with E-state index in [0.29, 0.717) is 6.54 Å². The second kappa shape index (κ2) is 3.94. The van der Waals surface area contributed by atoms with Gasteiger partial charge < -0.3 is 10.4 Å². The van der Waals surface area contributed by atoms with Crippen molar-refractivity contribution in [3.8, 4) is 0 Å². The zero-order valence-electron chi connectivity index (χ0n) is 8.31. The first-order valence-electron chi connectivity index (χ1n) is 4.96. The number of aliphatic hydroxyl groups is 1. The highest BCUT2D eigenvalue weighted by atomic mass is 16.3. The minimum absolute atomic E-state index is 0.278.